The standard InChI is InChI=1S/C15H17N3O3/c1-9-3-2-4-10(17-9)15-16-5-6-18(15)11-7-20-14-12(19)8-21-13(11)14/h2-6,11-14,19H,7-8H2,1H3/t11-,12-,13-,14-/m1/s1. The maximum absolute atomic E-state index is 9.85. The molecule has 2 fully saturated rings. The van der Waals surface area contributed by atoms with Gasteiger partial charge in [0.25, 0.3) is 0 Å². The number of nitrogens with zero attached hydrogens (tertiary/aromatic N) is 3. The lowest BCUT2D eigenvalue weighted by atomic mass is 10.1. The SMILES string of the molecule is Cc1cccc(-c2nccn2[C@@H]2CO[C@H]3[C@@H]2OC[C@H]3O)n1. The molecule has 2 aromatic rings. The highest BCUT2D eigenvalue weighted by Crippen LogP contribution is 2.36. The Hall–Kier alpha value is -1.76. The number of fused-ring (bicyclic) bond motifs is 1. The summed E-state index contributed by atoms with van der Waals surface area (Å²) in [6.07, 6.45) is 2.78. The predicted molar refractivity (Wildman–Crippen MR) is 74.7 cm³/mol. The first kappa shape index (κ1) is 12.9. The lowest BCUT2D eigenvalue weighted by Gasteiger charge is -2.19. The molecule has 1 N–H and O–H groups in total. The van der Waals surface area contributed by atoms with Crippen molar-refractivity contribution < 1.29 is 14.6 Å². The van der Waals surface area contributed by atoms with Crippen molar-refractivity contribution in [1.82, 2.24) is 14.5 Å². The van der Waals surface area contributed by atoms with E-state index in [0.29, 0.717) is 13.2 Å². The summed E-state index contributed by atoms with van der Waals surface area (Å²) in [5, 5.41) is 9.85. The van der Waals surface area contributed by atoms with Crippen LogP contribution >= 0.6 is 0 Å². The number of aromatic nitrogens is 3. The van der Waals surface area contributed by atoms with Crippen molar-refractivity contribution in [2.75, 3.05) is 13.2 Å². The molecule has 0 bridgehead atoms. The molecule has 2 aromatic heterocycles. The van der Waals surface area contributed by atoms with Gasteiger partial charge in [0.05, 0.1) is 19.3 Å². The van der Waals surface area contributed by atoms with E-state index in [2.05, 4.69) is 9.97 Å². The fourth-order valence-electron chi connectivity index (χ4n) is 3.14. The van der Waals surface area contributed by atoms with Gasteiger partial charge in [-0.3, -0.25) is 0 Å². The first-order valence-corrected chi connectivity index (χ1v) is 7.12. The molecule has 0 saturated carbocycles. The maximum Gasteiger partial charge on any atom is 0.159 e. The Morgan fingerprint density at radius 3 is 2.95 bits per heavy atom. The van der Waals surface area contributed by atoms with Gasteiger partial charge < -0.3 is 19.1 Å². The number of imidazole rings is 1. The first-order valence-electron chi connectivity index (χ1n) is 7.12. The highest BCUT2D eigenvalue weighted by atomic mass is 16.6. The molecular formula is C15H17N3O3. The summed E-state index contributed by atoms with van der Waals surface area (Å²) in [4.78, 5) is 8.97. The van der Waals surface area contributed by atoms with Gasteiger partial charge in [-0.05, 0) is 19.1 Å². The Kier molecular flexibility index (Phi) is 3.02. The molecular weight excluding hydrogens is 270 g/mol. The van der Waals surface area contributed by atoms with Crippen LogP contribution in [-0.2, 0) is 9.47 Å². The summed E-state index contributed by atoms with van der Waals surface area (Å²) >= 11 is 0. The number of hydrogen-bond donors (Lipinski definition) is 1. The summed E-state index contributed by atoms with van der Waals surface area (Å²) < 4.78 is 13.4. The highest BCUT2D eigenvalue weighted by Gasteiger charge is 2.48. The van der Waals surface area contributed by atoms with Gasteiger partial charge in [0, 0.05) is 18.1 Å². The van der Waals surface area contributed by atoms with Crippen LogP contribution in [-0.4, -0.2) is 51.2 Å². The average Bonchev–Trinajstić information content (AvgIpc) is 3.16. The lowest BCUT2D eigenvalue weighted by molar-refractivity contribution is 0.0172. The molecule has 0 spiro atoms. The topological polar surface area (TPSA) is 69.4 Å². The van der Waals surface area contributed by atoms with Crippen molar-refractivity contribution in [2.45, 2.75) is 31.3 Å². The van der Waals surface area contributed by atoms with Gasteiger partial charge in [0.2, 0.25) is 0 Å². The van der Waals surface area contributed by atoms with Crippen LogP contribution < -0.4 is 0 Å². The van der Waals surface area contributed by atoms with Crippen LogP contribution in [0.3, 0.4) is 0 Å². The largest absolute Gasteiger partial charge is 0.388 e. The molecule has 0 amide bonds. The molecule has 21 heavy (non-hydrogen) atoms. The maximum atomic E-state index is 9.85. The summed E-state index contributed by atoms with van der Waals surface area (Å²) in [7, 11) is 0. The van der Waals surface area contributed by atoms with Crippen molar-refractivity contribution in [2.24, 2.45) is 0 Å². The molecule has 0 aliphatic carbocycles. The van der Waals surface area contributed by atoms with Crippen LogP contribution in [0, 0.1) is 6.92 Å². The van der Waals surface area contributed by atoms with Crippen molar-refractivity contribution in [3.63, 3.8) is 0 Å². The fourth-order valence-corrected chi connectivity index (χ4v) is 3.14. The van der Waals surface area contributed by atoms with Crippen LogP contribution in [0.2, 0.25) is 0 Å². The van der Waals surface area contributed by atoms with Crippen LogP contribution in [0.1, 0.15) is 11.7 Å². The van der Waals surface area contributed by atoms with Gasteiger partial charge in [-0.1, -0.05) is 6.07 Å². The van der Waals surface area contributed by atoms with E-state index in [-0.39, 0.29) is 18.2 Å². The second-order valence-electron chi connectivity index (χ2n) is 5.55. The van der Waals surface area contributed by atoms with E-state index in [9.17, 15) is 5.11 Å². The van der Waals surface area contributed by atoms with E-state index < -0.39 is 6.10 Å². The zero-order valence-electron chi connectivity index (χ0n) is 11.7. The molecule has 4 atom stereocenters. The quantitative estimate of drug-likeness (QED) is 0.890. The van der Waals surface area contributed by atoms with Crippen LogP contribution in [0.15, 0.2) is 30.6 Å². The zero-order chi connectivity index (χ0) is 14.4. The third-order valence-corrected chi connectivity index (χ3v) is 4.14. The van der Waals surface area contributed by atoms with Crippen molar-refractivity contribution >= 4 is 0 Å². The molecule has 2 aliphatic rings. The molecule has 0 unspecified atom stereocenters. The van der Waals surface area contributed by atoms with Gasteiger partial charge in [-0.25, -0.2) is 9.97 Å². The van der Waals surface area contributed by atoms with Gasteiger partial charge in [-0.2, -0.15) is 0 Å². The number of pyridine rings is 1. The molecule has 6 heteroatoms. The lowest BCUT2D eigenvalue weighted by Crippen LogP contribution is -2.30. The number of aryl methyl sites for hydroxylation is 1. The number of hydrogen-bond acceptors (Lipinski definition) is 5. The molecule has 2 saturated heterocycles. The number of rotatable bonds is 2. The normalized spacial score (nSPS) is 31.5. The van der Waals surface area contributed by atoms with Crippen LogP contribution in [0.5, 0.6) is 0 Å². The monoisotopic (exact) mass is 287 g/mol. The smallest absolute Gasteiger partial charge is 0.159 e. The summed E-state index contributed by atoms with van der Waals surface area (Å²) in [6.45, 7) is 2.81. The van der Waals surface area contributed by atoms with Crippen LogP contribution in [0.4, 0.5) is 0 Å². The third kappa shape index (κ3) is 2.07. The molecule has 110 valence electrons. The van der Waals surface area contributed by atoms with Gasteiger partial charge in [0.1, 0.15) is 24.0 Å². The Labute approximate surface area is 122 Å². The minimum atomic E-state index is -0.538. The Morgan fingerprint density at radius 1 is 1.24 bits per heavy atom. The minimum Gasteiger partial charge on any atom is -0.388 e. The summed E-state index contributed by atoms with van der Waals surface area (Å²) in [5.74, 6) is 0.804. The molecule has 0 aromatic carbocycles. The second-order valence-corrected chi connectivity index (χ2v) is 5.55. The summed E-state index contributed by atoms with van der Waals surface area (Å²) in [5.41, 5.74) is 1.79. The van der Waals surface area contributed by atoms with E-state index in [1.807, 2.05) is 35.9 Å². The average molecular weight is 287 g/mol. The molecule has 2 aliphatic heterocycles. The highest BCUT2D eigenvalue weighted by molar-refractivity contribution is 5.50. The Bertz CT molecular complexity index is 657. The van der Waals surface area contributed by atoms with Crippen molar-refractivity contribution in [3.8, 4) is 11.5 Å². The van der Waals surface area contributed by atoms with Crippen molar-refractivity contribution in [1.29, 1.82) is 0 Å². The number of aliphatic hydroxyl groups is 1. The van der Waals surface area contributed by atoms with E-state index >= 15 is 0 Å². The molecule has 6 nitrogen and oxygen atoms in total. The predicted octanol–water partition coefficient (Wildman–Crippen LogP) is 0.953. The van der Waals surface area contributed by atoms with Gasteiger partial charge in [-0.15, -0.1) is 0 Å². The Balaban J connectivity index is 1.70. The number of aliphatic hydroxyl groups excluding tert-OH is 1. The van der Waals surface area contributed by atoms with Gasteiger partial charge in [0.15, 0.2) is 5.82 Å². The Morgan fingerprint density at radius 2 is 2.10 bits per heavy atom. The zero-order valence-corrected chi connectivity index (χ0v) is 11.7. The van der Waals surface area contributed by atoms with Crippen LogP contribution in [0.25, 0.3) is 11.5 Å². The van der Waals surface area contributed by atoms with E-state index in [1.165, 1.54) is 0 Å². The fraction of sp³-hybridized carbons (Fsp3) is 0.467. The third-order valence-electron chi connectivity index (χ3n) is 4.14. The molecule has 4 heterocycles. The second kappa shape index (κ2) is 4.91. The summed E-state index contributed by atoms with van der Waals surface area (Å²) in [6, 6.07) is 5.90. The molecule has 4 rings (SSSR count). The van der Waals surface area contributed by atoms with E-state index in [0.717, 1.165) is 17.2 Å². The van der Waals surface area contributed by atoms with Crippen molar-refractivity contribution in [3.05, 3.63) is 36.3 Å². The first-order chi connectivity index (χ1) is 10.2. The minimum absolute atomic E-state index is 0.0203. The van der Waals surface area contributed by atoms with E-state index in [4.69, 9.17) is 9.47 Å². The van der Waals surface area contributed by atoms with E-state index in [1.54, 1.807) is 6.20 Å². The molecule has 0 radical (unpaired) electrons. The number of ether oxygens (including phenoxy) is 2. The van der Waals surface area contributed by atoms with Gasteiger partial charge >= 0.3 is 0 Å².